The molecule has 1 aliphatic heterocycles. The third kappa shape index (κ3) is 5.15. The van der Waals surface area contributed by atoms with Gasteiger partial charge in [-0.15, -0.1) is 11.8 Å². The Morgan fingerprint density at radius 2 is 2.19 bits per heavy atom. The second kappa shape index (κ2) is 9.34. The lowest BCUT2D eigenvalue weighted by atomic mass is 9.96. The van der Waals surface area contributed by atoms with Gasteiger partial charge < -0.3 is 14.2 Å². The van der Waals surface area contributed by atoms with Gasteiger partial charge in [0.1, 0.15) is 18.5 Å². The number of thioether (sulfide) groups is 1. The first-order valence-corrected chi connectivity index (χ1v) is 12.0. The predicted molar refractivity (Wildman–Crippen MR) is 121 cm³/mol. The van der Waals surface area contributed by atoms with Crippen molar-refractivity contribution in [2.24, 2.45) is 0 Å². The van der Waals surface area contributed by atoms with Crippen LogP contribution in [0.25, 0.3) is 10.1 Å². The summed E-state index contributed by atoms with van der Waals surface area (Å²) in [6.45, 7) is 4.33. The molecule has 1 saturated heterocycles. The average molecular weight is 462 g/mol. The van der Waals surface area contributed by atoms with E-state index in [0.717, 1.165) is 20.5 Å². The maximum atomic E-state index is 14.7. The molecule has 2 aromatic carbocycles. The van der Waals surface area contributed by atoms with Crippen molar-refractivity contribution < 1.29 is 23.4 Å². The summed E-state index contributed by atoms with van der Waals surface area (Å²) in [5.41, 5.74) is 1.87. The molecule has 0 saturated carbocycles. The van der Waals surface area contributed by atoms with Gasteiger partial charge in [-0.1, -0.05) is 18.2 Å². The zero-order valence-corrected chi connectivity index (χ0v) is 19.3. The van der Waals surface area contributed by atoms with Crippen molar-refractivity contribution in [2.45, 2.75) is 37.1 Å². The van der Waals surface area contributed by atoms with Crippen LogP contribution in [0.3, 0.4) is 0 Å². The number of ether oxygens (including phenoxy) is 3. The highest BCUT2D eigenvalue weighted by molar-refractivity contribution is 7.98. The Morgan fingerprint density at radius 1 is 1.35 bits per heavy atom. The number of fused-ring (bicyclic) bond motifs is 1. The van der Waals surface area contributed by atoms with E-state index in [-0.39, 0.29) is 30.9 Å². The molecule has 0 unspecified atom stereocenters. The van der Waals surface area contributed by atoms with Crippen LogP contribution in [0, 0.1) is 5.82 Å². The highest BCUT2D eigenvalue weighted by Gasteiger charge is 2.32. The lowest BCUT2D eigenvalue weighted by Gasteiger charge is -2.17. The van der Waals surface area contributed by atoms with E-state index in [0.29, 0.717) is 24.2 Å². The maximum Gasteiger partial charge on any atom is 0.188 e. The van der Waals surface area contributed by atoms with Gasteiger partial charge in [0.15, 0.2) is 11.6 Å². The number of ketones is 1. The quantitative estimate of drug-likeness (QED) is 0.344. The fourth-order valence-corrected chi connectivity index (χ4v) is 4.84. The monoisotopic (exact) mass is 461 g/mol. The third-order valence-electron chi connectivity index (χ3n) is 5.16. The first kappa shape index (κ1) is 22.4. The molecule has 2 heterocycles. The number of carbonyl (C=O) groups is 1. The number of aromatic nitrogens is 1. The van der Waals surface area contributed by atoms with Gasteiger partial charge in [-0.2, -0.15) is 4.37 Å². The molecule has 1 atom stereocenters. The zero-order valence-electron chi connectivity index (χ0n) is 17.6. The molecule has 8 heteroatoms. The summed E-state index contributed by atoms with van der Waals surface area (Å²) in [6.07, 6.45) is 3.79. The molecular formula is C23H24FNO4S2. The molecule has 5 nitrogen and oxygen atoms in total. The molecule has 0 aliphatic carbocycles. The zero-order chi connectivity index (χ0) is 22.0. The Balaban J connectivity index is 1.53. The number of nitrogens with zero attached hydrogens (tertiary/aromatic N) is 1. The number of rotatable bonds is 8. The van der Waals surface area contributed by atoms with Crippen molar-refractivity contribution in [3.63, 3.8) is 0 Å². The van der Waals surface area contributed by atoms with Crippen LogP contribution in [0.4, 0.5) is 4.39 Å². The third-order valence-corrected chi connectivity index (χ3v) is 6.76. The van der Waals surface area contributed by atoms with Crippen LogP contribution in [0.2, 0.25) is 0 Å². The van der Waals surface area contributed by atoms with E-state index in [2.05, 4.69) is 4.37 Å². The molecule has 1 aromatic heterocycles. The number of Topliss-reactive ketones (excluding diaryl/α,β-unsaturated/α-hetero) is 1. The summed E-state index contributed by atoms with van der Waals surface area (Å²) in [5.74, 6) is -1.05. The second-order valence-corrected chi connectivity index (χ2v) is 9.54. The number of hydrogen-bond acceptors (Lipinski definition) is 7. The summed E-state index contributed by atoms with van der Waals surface area (Å²) in [4.78, 5) is 13.9. The van der Waals surface area contributed by atoms with Crippen molar-refractivity contribution >= 4 is 39.2 Å². The summed E-state index contributed by atoms with van der Waals surface area (Å²) in [5, 5.41) is 0.942. The van der Waals surface area contributed by atoms with Crippen LogP contribution in [-0.4, -0.2) is 48.1 Å². The Kier molecular flexibility index (Phi) is 6.74. The van der Waals surface area contributed by atoms with Crippen LogP contribution in [0.5, 0.6) is 0 Å². The molecule has 3 aromatic rings. The van der Waals surface area contributed by atoms with E-state index in [4.69, 9.17) is 14.2 Å². The van der Waals surface area contributed by atoms with Crippen LogP contribution >= 0.6 is 23.3 Å². The lowest BCUT2D eigenvalue weighted by Crippen LogP contribution is -2.25. The minimum atomic E-state index is -0.627. The van der Waals surface area contributed by atoms with E-state index in [1.807, 2.05) is 32.2 Å². The lowest BCUT2D eigenvalue weighted by molar-refractivity contribution is -0.144. The molecule has 0 bridgehead atoms. The molecule has 1 aliphatic rings. The van der Waals surface area contributed by atoms with E-state index in [9.17, 15) is 9.18 Å². The largest absolute Gasteiger partial charge is 0.371 e. The molecule has 31 heavy (non-hydrogen) atoms. The minimum Gasteiger partial charge on any atom is -0.371 e. The number of benzene rings is 2. The van der Waals surface area contributed by atoms with Crippen molar-refractivity contribution in [3.05, 3.63) is 59.0 Å². The van der Waals surface area contributed by atoms with E-state index >= 15 is 0 Å². The standard InChI is InChI=1S/C23H24FNO4S2/c1-23(2)28-12-16(29-23)11-27-13-21(26)18-7-5-15-10-25-31-22(15)19(18)8-14-4-6-17(30-3)9-20(14)24/h4-7,9-10,16H,8,11-13H2,1-3H3/t16-/m0/s1. The van der Waals surface area contributed by atoms with Crippen molar-refractivity contribution in [1.29, 1.82) is 0 Å². The van der Waals surface area contributed by atoms with Crippen LogP contribution in [0.15, 0.2) is 41.4 Å². The fraction of sp³-hybridized carbons (Fsp3) is 0.391. The highest BCUT2D eigenvalue weighted by Crippen LogP contribution is 2.30. The molecule has 164 valence electrons. The molecule has 1 fully saturated rings. The van der Waals surface area contributed by atoms with Crippen LogP contribution in [-0.2, 0) is 20.6 Å². The van der Waals surface area contributed by atoms with Gasteiger partial charge in [0, 0.05) is 28.5 Å². The highest BCUT2D eigenvalue weighted by atomic mass is 32.2. The fourth-order valence-electron chi connectivity index (χ4n) is 3.62. The topological polar surface area (TPSA) is 57.7 Å². The summed E-state index contributed by atoms with van der Waals surface area (Å²) < 4.78 is 36.7. The maximum absolute atomic E-state index is 14.7. The Labute approximate surface area is 189 Å². The van der Waals surface area contributed by atoms with Crippen LogP contribution < -0.4 is 0 Å². The minimum absolute atomic E-state index is 0.0779. The van der Waals surface area contributed by atoms with Gasteiger partial charge in [0.05, 0.1) is 17.9 Å². The number of carbonyl (C=O) groups excluding carboxylic acids is 1. The molecule has 0 spiro atoms. The normalized spacial score (nSPS) is 18.0. The van der Waals surface area contributed by atoms with Gasteiger partial charge in [0.2, 0.25) is 0 Å². The Bertz CT molecular complexity index is 1100. The smallest absolute Gasteiger partial charge is 0.188 e. The number of halogens is 1. The van der Waals surface area contributed by atoms with Crippen molar-refractivity contribution in [1.82, 2.24) is 4.37 Å². The van der Waals surface area contributed by atoms with Gasteiger partial charge in [-0.25, -0.2) is 4.39 Å². The van der Waals surface area contributed by atoms with E-state index in [1.54, 1.807) is 18.3 Å². The molecular weight excluding hydrogens is 437 g/mol. The van der Waals surface area contributed by atoms with Crippen molar-refractivity contribution in [2.75, 3.05) is 26.1 Å². The van der Waals surface area contributed by atoms with Crippen molar-refractivity contribution in [3.8, 4) is 0 Å². The number of hydrogen-bond donors (Lipinski definition) is 0. The van der Waals surface area contributed by atoms with Gasteiger partial charge in [0.25, 0.3) is 0 Å². The molecule has 4 rings (SSSR count). The van der Waals surface area contributed by atoms with Crippen LogP contribution in [0.1, 0.15) is 35.3 Å². The van der Waals surface area contributed by atoms with E-state index in [1.165, 1.54) is 29.4 Å². The summed E-state index contributed by atoms with van der Waals surface area (Å²) in [7, 11) is 0. The van der Waals surface area contributed by atoms with E-state index < -0.39 is 5.79 Å². The molecule has 0 radical (unpaired) electrons. The SMILES string of the molecule is CSc1ccc(Cc2c(C(=O)COC[C@H]3COC(C)(C)O3)ccc3cnsc23)c(F)c1. The first-order valence-electron chi connectivity index (χ1n) is 9.97. The van der Waals surface area contributed by atoms with Gasteiger partial charge in [-0.05, 0) is 54.9 Å². The Hall–Kier alpha value is -1.84. The predicted octanol–water partition coefficient (Wildman–Crippen LogP) is 5.10. The Morgan fingerprint density at radius 3 is 2.90 bits per heavy atom. The summed E-state index contributed by atoms with van der Waals surface area (Å²) in [6, 6.07) is 8.86. The summed E-state index contributed by atoms with van der Waals surface area (Å²) >= 11 is 2.81. The molecule has 0 amide bonds. The first-order chi connectivity index (χ1) is 14.9. The van der Waals surface area contributed by atoms with Gasteiger partial charge >= 0.3 is 0 Å². The second-order valence-electron chi connectivity index (χ2n) is 7.86. The average Bonchev–Trinajstić information content (AvgIpc) is 3.35. The molecule has 0 N–H and O–H groups in total. The van der Waals surface area contributed by atoms with Gasteiger partial charge in [-0.3, -0.25) is 4.79 Å².